The minimum Gasteiger partial charge on any atom is -0.507 e. The van der Waals surface area contributed by atoms with Crippen molar-refractivity contribution in [3.8, 4) is 11.5 Å². The fourth-order valence-corrected chi connectivity index (χ4v) is 1.91. The summed E-state index contributed by atoms with van der Waals surface area (Å²) in [6.07, 6.45) is 0.840. The Labute approximate surface area is 120 Å². The van der Waals surface area contributed by atoms with Crippen LogP contribution in [0.15, 0.2) is 18.2 Å². The van der Waals surface area contributed by atoms with Crippen LogP contribution in [0.3, 0.4) is 0 Å². The average Bonchev–Trinajstić information content (AvgIpc) is 2.46. The van der Waals surface area contributed by atoms with E-state index in [0.717, 1.165) is 6.42 Å². The predicted molar refractivity (Wildman–Crippen MR) is 77.3 cm³/mol. The van der Waals surface area contributed by atoms with Crippen LogP contribution in [0.1, 0.15) is 30.6 Å². The molecule has 0 aliphatic heterocycles. The van der Waals surface area contributed by atoms with Crippen LogP contribution in [0.25, 0.3) is 0 Å². The molecule has 1 aromatic rings. The van der Waals surface area contributed by atoms with Crippen LogP contribution in [0.4, 0.5) is 0 Å². The van der Waals surface area contributed by atoms with E-state index in [1.807, 2.05) is 13.8 Å². The molecular weight excluding hydrogens is 258 g/mol. The Hall–Kier alpha value is -1.75. The monoisotopic (exact) mass is 281 g/mol. The van der Waals surface area contributed by atoms with Gasteiger partial charge in [-0.3, -0.25) is 4.79 Å². The number of carbonyl (C=O) groups excluding carboxylic acids is 1. The lowest BCUT2D eigenvalue weighted by atomic mass is 10.1. The fraction of sp³-hybridized carbons (Fsp3) is 0.533. The van der Waals surface area contributed by atoms with Crippen molar-refractivity contribution in [1.29, 1.82) is 0 Å². The van der Waals surface area contributed by atoms with Crippen LogP contribution in [-0.2, 0) is 4.74 Å². The maximum Gasteiger partial charge on any atom is 0.257 e. The molecule has 112 valence electrons. The molecule has 1 unspecified atom stereocenters. The highest BCUT2D eigenvalue weighted by Crippen LogP contribution is 2.25. The van der Waals surface area contributed by atoms with Crippen molar-refractivity contribution in [1.82, 2.24) is 4.90 Å². The largest absolute Gasteiger partial charge is 0.507 e. The highest BCUT2D eigenvalue weighted by atomic mass is 16.5. The molecule has 20 heavy (non-hydrogen) atoms. The van der Waals surface area contributed by atoms with Gasteiger partial charge >= 0.3 is 0 Å². The Kier molecular flexibility index (Phi) is 6.31. The summed E-state index contributed by atoms with van der Waals surface area (Å²) in [5, 5.41) is 9.96. The summed E-state index contributed by atoms with van der Waals surface area (Å²) in [5.74, 6) is 0.252. The number of aromatic hydroxyl groups is 1. The normalized spacial score (nSPS) is 12.0. The molecule has 0 aromatic heterocycles. The topological polar surface area (TPSA) is 59.0 Å². The summed E-state index contributed by atoms with van der Waals surface area (Å²) in [6, 6.07) is 4.77. The van der Waals surface area contributed by atoms with E-state index in [1.165, 1.54) is 13.2 Å². The van der Waals surface area contributed by atoms with Crippen molar-refractivity contribution in [3.63, 3.8) is 0 Å². The molecule has 0 saturated carbocycles. The third-order valence-electron chi connectivity index (χ3n) is 3.36. The first-order valence-electron chi connectivity index (χ1n) is 6.72. The van der Waals surface area contributed by atoms with E-state index >= 15 is 0 Å². The van der Waals surface area contributed by atoms with Crippen molar-refractivity contribution >= 4 is 5.91 Å². The first-order valence-corrected chi connectivity index (χ1v) is 6.72. The molecule has 0 radical (unpaired) electrons. The van der Waals surface area contributed by atoms with Crippen LogP contribution in [0.5, 0.6) is 11.5 Å². The van der Waals surface area contributed by atoms with Gasteiger partial charge in [-0.25, -0.2) is 0 Å². The predicted octanol–water partition coefficient (Wildman–Crippen LogP) is 2.29. The van der Waals surface area contributed by atoms with Crippen molar-refractivity contribution in [2.75, 3.05) is 27.4 Å². The number of phenols is 1. The fourth-order valence-electron chi connectivity index (χ4n) is 1.91. The molecule has 1 aromatic carbocycles. The van der Waals surface area contributed by atoms with Gasteiger partial charge in [-0.15, -0.1) is 0 Å². The SMILES string of the molecule is CCC(C)N(CCOC)C(=O)c1ccc(OC)cc1O. The lowest BCUT2D eigenvalue weighted by Gasteiger charge is -2.28. The summed E-state index contributed by atoms with van der Waals surface area (Å²) < 4.78 is 10.1. The van der Waals surface area contributed by atoms with Gasteiger partial charge in [-0.05, 0) is 25.5 Å². The van der Waals surface area contributed by atoms with Gasteiger partial charge in [0.25, 0.3) is 5.91 Å². The molecule has 0 aliphatic carbocycles. The summed E-state index contributed by atoms with van der Waals surface area (Å²) in [5.41, 5.74) is 0.280. The number of nitrogens with zero attached hydrogens (tertiary/aromatic N) is 1. The third kappa shape index (κ3) is 3.87. The van der Waals surface area contributed by atoms with Gasteiger partial charge in [0, 0.05) is 25.8 Å². The molecule has 0 bridgehead atoms. The zero-order valence-corrected chi connectivity index (χ0v) is 12.5. The number of methoxy groups -OCH3 is 2. The van der Waals surface area contributed by atoms with Crippen molar-refractivity contribution in [3.05, 3.63) is 23.8 Å². The van der Waals surface area contributed by atoms with Gasteiger partial charge in [0.05, 0.1) is 19.3 Å². The number of hydrogen-bond donors (Lipinski definition) is 1. The molecule has 1 atom stereocenters. The molecule has 1 rings (SSSR count). The Morgan fingerprint density at radius 2 is 2.10 bits per heavy atom. The minimum absolute atomic E-state index is 0.0694. The highest BCUT2D eigenvalue weighted by Gasteiger charge is 2.22. The summed E-state index contributed by atoms with van der Waals surface area (Å²) in [6.45, 7) is 4.96. The van der Waals surface area contributed by atoms with E-state index in [4.69, 9.17) is 9.47 Å². The summed E-state index contributed by atoms with van der Waals surface area (Å²) in [7, 11) is 3.12. The van der Waals surface area contributed by atoms with E-state index in [9.17, 15) is 9.90 Å². The summed E-state index contributed by atoms with van der Waals surface area (Å²) >= 11 is 0. The van der Waals surface area contributed by atoms with Crippen LogP contribution >= 0.6 is 0 Å². The lowest BCUT2D eigenvalue weighted by Crippen LogP contribution is -2.40. The second-order valence-electron chi connectivity index (χ2n) is 4.63. The van der Waals surface area contributed by atoms with Gasteiger partial charge in [0.15, 0.2) is 0 Å². The van der Waals surface area contributed by atoms with E-state index in [0.29, 0.717) is 18.9 Å². The smallest absolute Gasteiger partial charge is 0.257 e. The second-order valence-corrected chi connectivity index (χ2v) is 4.63. The number of carbonyl (C=O) groups is 1. The lowest BCUT2D eigenvalue weighted by molar-refractivity contribution is 0.0611. The standard InChI is InChI=1S/C15H23NO4/c1-5-11(2)16(8-9-19-3)15(18)13-7-6-12(20-4)10-14(13)17/h6-7,10-11,17H,5,8-9H2,1-4H3. The molecule has 0 spiro atoms. The molecule has 5 heteroatoms. The van der Waals surface area contributed by atoms with Crippen molar-refractivity contribution < 1.29 is 19.4 Å². The number of rotatable bonds is 7. The molecule has 0 aliphatic rings. The molecule has 5 nitrogen and oxygen atoms in total. The Morgan fingerprint density at radius 1 is 1.40 bits per heavy atom. The molecule has 1 amide bonds. The van der Waals surface area contributed by atoms with E-state index in [2.05, 4.69) is 0 Å². The maximum absolute atomic E-state index is 12.5. The van der Waals surface area contributed by atoms with Gasteiger partial charge in [-0.2, -0.15) is 0 Å². The Balaban J connectivity index is 2.99. The minimum atomic E-state index is -0.198. The Bertz CT molecular complexity index is 447. The second kappa shape index (κ2) is 7.75. The number of ether oxygens (including phenoxy) is 2. The van der Waals surface area contributed by atoms with E-state index in [1.54, 1.807) is 24.1 Å². The molecular formula is C15H23NO4. The first kappa shape index (κ1) is 16.3. The summed E-state index contributed by atoms with van der Waals surface area (Å²) in [4.78, 5) is 14.3. The zero-order valence-electron chi connectivity index (χ0n) is 12.5. The Morgan fingerprint density at radius 3 is 2.60 bits per heavy atom. The number of benzene rings is 1. The van der Waals surface area contributed by atoms with Gasteiger partial charge in [-0.1, -0.05) is 6.92 Å². The van der Waals surface area contributed by atoms with Crippen LogP contribution in [0, 0.1) is 0 Å². The van der Waals surface area contributed by atoms with Crippen LogP contribution in [-0.4, -0.2) is 49.3 Å². The van der Waals surface area contributed by atoms with Gasteiger partial charge in [0.1, 0.15) is 11.5 Å². The van der Waals surface area contributed by atoms with Crippen LogP contribution < -0.4 is 4.74 Å². The van der Waals surface area contributed by atoms with Gasteiger partial charge < -0.3 is 19.5 Å². The van der Waals surface area contributed by atoms with Crippen LogP contribution in [0.2, 0.25) is 0 Å². The maximum atomic E-state index is 12.5. The van der Waals surface area contributed by atoms with E-state index in [-0.39, 0.29) is 23.3 Å². The van der Waals surface area contributed by atoms with Crippen molar-refractivity contribution in [2.24, 2.45) is 0 Å². The number of hydrogen-bond acceptors (Lipinski definition) is 4. The third-order valence-corrected chi connectivity index (χ3v) is 3.36. The molecule has 0 heterocycles. The first-order chi connectivity index (χ1) is 9.54. The molecule has 0 fully saturated rings. The van der Waals surface area contributed by atoms with Crippen molar-refractivity contribution in [2.45, 2.75) is 26.3 Å². The van der Waals surface area contributed by atoms with Gasteiger partial charge in [0.2, 0.25) is 0 Å². The van der Waals surface area contributed by atoms with E-state index < -0.39 is 0 Å². The quantitative estimate of drug-likeness (QED) is 0.833. The number of phenolic OH excluding ortho intramolecular Hbond substituents is 1. The molecule has 0 saturated heterocycles. The number of amides is 1. The highest BCUT2D eigenvalue weighted by molar-refractivity contribution is 5.97. The molecule has 1 N–H and O–H groups in total. The average molecular weight is 281 g/mol. The zero-order chi connectivity index (χ0) is 15.1.